The molecule has 2 aromatic carbocycles. The second-order valence-corrected chi connectivity index (χ2v) is 6.89. The van der Waals surface area contributed by atoms with Crippen LogP contribution in [0.15, 0.2) is 59.0 Å². The molecule has 1 fully saturated rings. The molecule has 0 aliphatic carbocycles. The number of nitrogens with zero attached hydrogens (tertiary/aromatic N) is 3. The van der Waals surface area contributed by atoms with Crippen molar-refractivity contribution >= 4 is 11.9 Å². The zero-order valence-electron chi connectivity index (χ0n) is 15.6. The summed E-state index contributed by atoms with van der Waals surface area (Å²) in [5, 5.41) is 10.2. The minimum Gasteiger partial charge on any atom is -0.419 e. The molecule has 10 heteroatoms. The Kier molecular flexibility index (Phi) is 4.56. The fourth-order valence-electron chi connectivity index (χ4n) is 3.19. The van der Waals surface area contributed by atoms with Crippen molar-refractivity contribution in [1.82, 2.24) is 20.4 Å². The smallest absolute Gasteiger partial charge is 0.416 e. The van der Waals surface area contributed by atoms with Crippen molar-refractivity contribution < 1.29 is 27.2 Å². The van der Waals surface area contributed by atoms with E-state index in [0.717, 1.165) is 17.0 Å². The first-order chi connectivity index (χ1) is 14.2. The molecular weight excluding hydrogens is 401 g/mol. The van der Waals surface area contributed by atoms with Crippen LogP contribution in [0.3, 0.4) is 0 Å². The zero-order chi connectivity index (χ0) is 21.5. The third-order valence-electron chi connectivity index (χ3n) is 4.82. The molecule has 0 bridgehead atoms. The maximum absolute atomic E-state index is 13.0. The lowest BCUT2D eigenvalue weighted by atomic mass is 9.90. The topological polar surface area (TPSA) is 88.3 Å². The van der Waals surface area contributed by atoms with Crippen molar-refractivity contribution in [2.45, 2.75) is 25.2 Å². The van der Waals surface area contributed by atoms with E-state index in [4.69, 9.17) is 4.42 Å². The number of nitrogens with one attached hydrogen (secondary N) is 1. The lowest BCUT2D eigenvalue weighted by Gasteiger charge is -2.23. The van der Waals surface area contributed by atoms with E-state index in [1.807, 2.05) is 6.07 Å². The van der Waals surface area contributed by atoms with Crippen molar-refractivity contribution in [3.8, 4) is 11.5 Å². The average molecular weight is 416 g/mol. The summed E-state index contributed by atoms with van der Waals surface area (Å²) >= 11 is 0. The molecule has 3 amide bonds. The quantitative estimate of drug-likeness (QED) is 0.655. The van der Waals surface area contributed by atoms with E-state index >= 15 is 0 Å². The number of urea groups is 1. The molecule has 1 aliphatic rings. The Morgan fingerprint density at radius 3 is 2.50 bits per heavy atom. The molecule has 1 aliphatic heterocycles. The van der Waals surface area contributed by atoms with Gasteiger partial charge in [-0.15, -0.1) is 10.2 Å². The predicted molar refractivity (Wildman–Crippen MR) is 97.6 cm³/mol. The molecule has 4 rings (SSSR count). The normalized spacial score (nSPS) is 19.3. The van der Waals surface area contributed by atoms with Gasteiger partial charge >= 0.3 is 12.2 Å². The van der Waals surface area contributed by atoms with Gasteiger partial charge in [-0.1, -0.05) is 30.3 Å². The van der Waals surface area contributed by atoms with Gasteiger partial charge in [-0.05, 0) is 36.8 Å². The van der Waals surface area contributed by atoms with Crippen LogP contribution in [-0.2, 0) is 23.1 Å². The lowest BCUT2D eigenvalue weighted by molar-refractivity contribution is -0.138. The molecule has 1 aromatic heterocycles. The zero-order valence-corrected chi connectivity index (χ0v) is 15.6. The molecular formula is C20H15F3N4O3. The number of alkyl halides is 3. The number of hydrogen-bond acceptors (Lipinski definition) is 5. The van der Waals surface area contributed by atoms with E-state index in [-0.39, 0.29) is 23.9 Å². The minimum absolute atomic E-state index is 0.0191. The standard InChI is InChI=1S/C20H15F3N4O3/c1-19(13-8-5-9-14(10-13)20(21,22)23)17(28)27(18(29)24-19)11-15-25-26-16(30-15)12-6-3-2-4-7-12/h2-10H,11H2,1H3,(H,24,29). The summed E-state index contributed by atoms with van der Waals surface area (Å²) in [6.45, 7) is 1.05. The van der Waals surface area contributed by atoms with Gasteiger partial charge in [-0.2, -0.15) is 13.2 Å². The highest BCUT2D eigenvalue weighted by Gasteiger charge is 2.50. The van der Waals surface area contributed by atoms with Gasteiger partial charge in [0, 0.05) is 5.56 Å². The van der Waals surface area contributed by atoms with E-state index in [1.54, 1.807) is 24.3 Å². The Bertz CT molecular complexity index is 1110. The third kappa shape index (κ3) is 3.40. The maximum Gasteiger partial charge on any atom is 0.416 e. The molecule has 0 saturated carbocycles. The number of halogens is 3. The minimum atomic E-state index is -4.57. The van der Waals surface area contributed by atoms with Crippen molar-refractivity contribution in [2.75, 3.05) is 0 Å². The van der Waals surface area contributed by atoms with Crippen LogP contribution in [0.2, 0.25) is 0 Å². The fraction of sp³-hybridized carbons (Fsp3) is 0.200. The van der Waals surface area contributed by atoms with Gasteiger partial charge in [-0.25, -0.2) is 4.79 Å². The van der Waals surface area contributed by atoms with E-state index in [9.17, 15) is 22.8 Å². The molecule has 154 valence electrons. The molecule has 1 N–H and O–H groups in total. The largest absolute Gasteiger partial charge is 0.419 e. The SMILES string of the molecule is CC1(c2cccc(C(F)(F)F)c2)NC(=O)N(Cc2nnc(-c3ccccc3)o2)C1=O. The third-order valence-corrected chi connectivity index (χ3v) is 4.82. The Hall–Kier alpha value is -3.69. The van der Waals surface area contributed by atoms with Crippen LogP contribution >= 0.6 is 0 Å². The van der Waals surface area contributed by atoms with Gasteiger partial charge in [0.25, 0.3) is 5.91 Å². The number of rotatable bonds is 4. The Labute approximate surface area is 168 Å². The number of benzene rings is 2. The van der Waals surface area contributed by atoms with E-state index in [2.05, 4.69) is 15.5 Å². The van der Waals surface area contributed by atoms with Gasteiger partial charge in [0.15, 0.2) is 0 Å². The maximum atomic E-state index is 13.0. The van der Waals surface area contributed by atoms with Crippen LogP contribution < -0.4 is 5.32 Å². The first kappa shape index (κ1) is 19.6. The van der Waals surface area contributed by atoms with Crippen molar-refractivity contribution in [2.24, 2.45) is 0 Å². The Morgan fingerprint density at radius 1 is 1.07 bits per heavy atom. The van der Waals surface area contributed by atoms with E-state index in [0.29, 0.717) is 5.56 Å². The van der Waals surface area contributed by atoms with E-state index in [1.165, 1.54) is 19.1 Å². The van der Waals surface area contributed by atoms with Crippen LogP contribution in [0.4, 0.5) is 18.0 Å². The highest BCUT2D eigenvalue weighted by atomic mass is 19.4. The van der Waals surface area contributed by atoms with Gasteiger partial charge in [-0.3, -0.25) is 9.69 Å². The van der Waals surface area contributed by atoms with Crippen LogP contribution in [-0.4, -0.2) is 27.0 Å². The van der Waals surface area contributed by atoms with Crippen molar-refractivity contribution in [3.63, 3.8) is 0 Å². The molecule has 3 aromatic rings. The molecule has 30 heavy (non-hydrogen) atoms. The van der Waals surface area contributed by atoms with Gasteiger partial charge in [0.2, 0.25) is 11.8 Å². The van der Waals surface area contributed by atoms with Crippen LogP contribution in [0.25, 0.3) is 11.5 Å². The summed E-state index contributed by atoms with van der Waals surface area (Å²) in [5.74, 6) is -0.477. The first-order valence-electron chi connectivity index (χ1n) is 8.88. The summed E-state index contributed by atoms with van der Waals surface area (Å²) in [4.78, 5) is 26.2. The number of hydrogen-bond donors (Lipinski definition) is 1. The molecule has 1 unspecified atom stereocenters. The molecule has 1 atom stereocenters. The highest BCUT2D eigenvalue weighted by molar-refractivity contribution is 6.07. The number of carbonyl (C=O) groups is 2. The van der Waals surface area contributed by atoms with Gasteiger partial charge in [0.1, 0.15) is 12.1 Å². The molecule has 1 saturated heterocycles. The second-order valence-electron chi connectivity index (χ2n) is 6.89. The molecule has 0 radical (unpaired) electrons. The average Bonchev–Trinajstić information content (AvgIpc) is 3.28. The first-order valence-corrected chi connectivity index (χ1v) is 8.88. The lowest BCUT2D eigenvalue weighted by Crippen LogP contribution is -2.41. The Balaban J connectivity index is 1.58. The van der Waals surface area contributed by atoms with Gasteiger partial charge < -0.3 is 9.73 Å². The van der Waals surface area contributed by atoms with Crippen LogP contribution in [0.5, 0.6) is 0 Å². The molecule has 0 spiro atoms. The highest BCUT2D eigenvalue weighted by Crippen LogP contribution is 2.35. The van der Waals surface area contributed by atoms with Crippen LogP contribution in [0.1, 0.15) is 23.9 Å². The van der Waals surface area contributed by atoms with Crippen LogP contribution in [0, 0.1) is 0 Å². The summed E-state index contributed by atoms with van der Waals surface area (Å²) in [5.41, 5.74) is -1.87. The summed E-state index contributed by atoms with van der Waals surface area (Å²) < 4.78 is 44.7. The monoisotopic (exact) mass is 416 g/mol. The van der Waals surface area contributed by atoms with E-state index < -0.39 is 29.2 Å². The fourth-order valence-corrected chi connectivity index (χ4v) is 3.19. The Morgan fingerprint density at radius 2 is 1.80 bits per heavy atom. The van der Waals surface area contributed by atoms with Crippen molar-refractivity contribution in [3.05, 3.63) is 71.6 Å². The second kappa shape index (κ2) is 6.97. The summed E-state index contributed by atoms with van der Waals surface area (Å²) in [7, 11) is 0. The number of aromatic nitrogens is 2. The predicted octanol–water partition coefficient (Wildman–Crippen LogP) is 3.72. The number of imide groups is 1. The molecule has 2 heterocycles. The van der Waals surface area contributed by atoms with Crippen molar-refractivity contribution in [1.29, 1.82) is 0 Å². The number of amides is 3. The molecule has 7 nitrogen and oxygen atoms in total. The summed E-state index contributed by atoms with van der Waals surface area (Å²) in [6.07, 6.45) is -4.57. The number of carbonyl (C=O) groups excluding carboxylic acids is 2. The summed E-state index contributed by atoms with van der Waals surface area (Å²) in [6, 6.07) is 12.5. The van der Waals surface area contributed by atoms with Gasteiger partial charge in [0.05, 0.1) is 5.56 Å².